The summed E-state index contributed by atoms with van der Waals surface area (Å²) in [6.07, 6.45) is 7.17. The fraction of sp³-hybridized carbons (Fsp3) is 0.682. The highest BCUT2D eigenvalue weighted by molar-refractivity contribution is 7.89. The summed E-state index contributed by atoms with van der Waals surface area (Å²) in [5.41, 5.74) is 0.239. The highest BCUT2D eigenvalue weighted by atomic mass is 35.5. The first kappa shape index (κ1) is 21.1. The summed E-state index contributed by atoms with van der Waals surface area (Å²) in [6, 6.07) is 9.21. The van der Waals surface area contributed by atoms with Gasteiger partial charge < -0.3 is 0 Å². The Morgan fingerprint density at radius 2 is 1.90 bits per heavy atom. The predicted octanol–water partition coefficient (Wildman–Crippen LogP) is 3.83. The fourth-order valence-electron chi connectivity index (χ4n) is 5.95. The van der Waals surface area contributed by atoms with Gasteiger partial charge in [-0.25, -0.2) is 8.42 Å². The Bertz CT molecular complexity index is 867. The van der Waals surface area contributed by atoms with Gasteiger partial charge in [0.05, 0.1) is 10.5 Å². The molecule has 158 valence electrons. The minimum atomic E-state index is -3.72. The van der Waals surface area contributed by atoms with Crippen LogP contribution in [-0.2, 0) is 10.0 Å². The molecule has 0 N–H and O–H groups in total. The first-order valence-corrected chi connectivity index (χ1v) is 12.9. The normalized spacial score (nSPS) is 30.5. The van der Waals surface area contributed by atoms with Gasteiger partial charge in [0.25, 0.3) is 0 Å². The van der Waals surface area contributed by atoms with E-state index in [0.29, 0.717) is 30.3 Å². The maximum Gasteiger partial charge on any atom is 0.244 e. The van der Waals surface area contributed by atoms with Crippen LogP contribution in [0.1, 0.15) is 50.5 Å². The lowest BCUT2D eigenvalue weighted by molar-refractivity contribution is -0.0523. The number of unbranched alkanes of at least 4 members (excludes halogenated alkanes) is 1. The van der Waals surface area contributed by atoms with Crippen LogP contribution in [0.3, 0.4) is 0 Å². The van der Waals surface area contributed by atoms with Crippen LogP contribution in [0.15, 0.2) is 29.2 Å². The fourth-order valence-corrected chi connectivity index (χ4v) is 8.04. The highest BCUT2D eigenvalue weighted by Crippen LogP contribution is 2.45. The summed E-state index contributed by atoms with van der Waals surface area (Å²) in [6.45, 7) is 2.87. The summed E-state index contributed by atoms with van der Waals surface area (Å²) in [5, 5.41) is 9.49. The minimum absolute atomic E-state index is 0.00267. The molecule has 1 aromatic rings. The molecule has 0 aliphatic carbocycles. The van der Waals surface area contributed by atoms with Crippen LogP contribution in [-0.4, -0.2) is 55.2 Å². The summed E-state index contributed by atoms with van der Waals surface area (Å²) >= 11 is 5.92. The Hall–Kier alpha value is -1.13. The lowest BCUT2D eigenvalue weighted by Crippen LogP contribution is -2.65. The van der Waals surface area contributed by atoms with Crippen molar-refractivity contribution in [1.82, 2.24) is 9.21 Å². The lowest BCUT2D eigenvalue weighted by atomic mass is 9.70. The summed E-state index contributed by atoms with van der Waals surface area (Å²) in [5.74, 6) is 1.38. The third-order valence-electron chi connectivity index (χ3n) is 7.10. The maximum absolute atomic E-state index is 13.8. The molecule has 3 aliphatic heterocycles. The second-order valence-corrected chi connectivity index (χ2v) is 10.9. The van der Waals surface area contributed by atoms with Crippen molar-refractivity contribution in [3.63, 3.8) is 0 Å². The number of halogens is 1. The number of piperidine rings is 3. The monoisotopic (exact) mass is 435 g/mol. The average Bonchev–Trinajstić information content (AvgIpc) is 2.75. The van der Waals surface area contributed by atoms with E-state index in [9.17, 15) is 13.7 Å². The van der Waals surface area contributed by atoms with Gasteiger partial charge in [-0.1, -0.05) is 18.6 Å². The molecule has 29 heavy (non-hydrogen) atoms. The van der Waals surface area contributed by atoms with Gasteiger partial charge in [-0.2, -0.15) is 9.57 Å². The molecule has 0 aromatic heterocycles. The van der Waals surface area contributed by atoms with E-state index in [-0.39, 0.29) is 16.5 Å². The van der Waals surface area contributed by atoms with Crippen molar-refractivity contribution in [2.75, 3.05) is 25.5 Å². The van der Waals surface area contributed by atoms with Gasteiger partial charge in [-0.3, -0.25) is 4.90 Å². The molecule has 3 saturated heterocycles. The van der Waals surface area contributed by atoms with Gasteiger partial charge in [0.15, 0.2) is 0 Å². The molecule has 4 atom stereocenters. The van der Waals surface area contributed by atoms with Crippen LogP contribution >= 0.6 is 11.6 Å². The summed E-state index contributed by atoms with van der Waals surface area (Å²) in [4.78, 5) is 2.79. The quantitative estimate of drug-likeness (QED) is 0.503. The number of benzene rings is 1. The number of hydrogen-bond acceptors (Lipinski definition) is 4. The number of rotatable bonds is 6. The second-order valence-electron chi connectivity index (χ2n) is 8.67. The topological polar surface area (TPSA) is 64.4 Å². The molecule has 0 spiro atoms. The Morgan fingerprint density at radius 3 is 2.66 bits per heavy atom. The second kappa shape index (κ2) is 8.93. The zero-order valence-corrected chi connectivity index (χ0v) is 18.4. The average molecular weight is 436 g/mol. The number of nitrogens with zero attached hydrogens (tertiary/aromatic N) is 3. The van der Waals surface area contributed by atoms with Crippen molar-refractivity contribution in [2.45, 2.75) is 61.9 Å². The van der Waals surface area contributed by atoms with Gasteiger partial charge in [0.1, 0.15) is 6.07 Å². The minimum Gasteiger partial charge on any atom is -0.300 e. The lowest BCUT2D eigenvalue weighted by Gasteiger charge is -2.57. The number of sulfonamides is 1. The highest BCUT2D eigenvalue weighted by Gasteiger charge is 2.51. The SMILES string of the molecule is N#Cc1ccccc1S(=O)(=O)N1C[C@@H]2CCCN3CCC[C@@H]([C@H]23)[C@H]1CCCCCl. The van der Waals surface area contributed by atoms with Gasteiger partial charge in [-0.05, 0) is 75.6 Å². The number of hydrogen-bond donors (Lipinski definition) is 0. The van der Waals surface area contributed by atoms with Gasteiger partial charge in [0, 0.05) is 24.5 Å². The molecule has 7 heteroatoms. The van der Waals surface area contributed by atoms with Crippen LogP contribution in [0.25, 0.3) is 0 Å². The molecule has 3 fully saturated rings. The van der Waals surface area contributed by atoms with E-state index >= 15 is 0 Å². The molecular weight excluding hydrogens is 406 g/mol. The predicted molar refractivity (Wildman–Crippen MR) is 114 cm³/mol. The van der Waals surface area contributed by atoms with Crippen LogP contribution in [0.5, 0.6) is 0 Å². The Labute approximate surface area is 179 Å². The first-order chi connectivity index (χ1) is 14.1. The third kappa shape index (κ3) is 3.95. The van der Waals surface area contributed by atoms with Crippen LogP contribution in [0.2, 0.25) is 0 Å². The Balaban J connectivity index is 1.72. The standard InChI is InChI=1S/C22H30ClN3O2S/c23-12-4-3-10-20-19-9-6-14-25-13-5-8-18(22(19)25)16-26(20)29(27,28)21-11-2-1-7-17(21)15-24/h1-2,7,11,18-20,22H,3-6,8-10,12-14,16H2/t18-,19+,20+,22-/m0/s1. The van der Waals surface area contributed by atoms with Gasteiger partial charge in [0.2, 0.25) is 10.0 Å². The zero-order valence-electron chi connectivity index (χ0n) is 16.8. The van der Waals surface area contributed by atoms with Crippen molar-refractivity contribution < 1.29 is 8.42 Å². The van der Waals surface area contributed by atoms with E-state index in [1.165, 1.54) is 0 Å². The van der Waals surface area contributed by atoms with Crippen molar-refractivity contribution in [3.8, 4) is 6.07 Å². The molecule has 1 aromatic carbocycles. The largest absolute Gasteiger partial charge is 0.300 e. The molecule has 4 rings (SSSR count). The van der Waals surface area contributed by atoms with E-state index in [1.54, 1.807) is 28.6 Å². The van der Waals surface area contributed by atoms with Gasteiger partial charge in [-0.15, -0.1) is 11.6 Å². The van der Waals surface area contributed by atoms with Crippen molar-refractivity contribution in [1.29, 1.82) is 5.26 Å². The Kier molecular flexibility index (Phi) is 6.50. The van der Waals surface area contributed by atoms with Gasteiger partial charge >= 0.3 is 0 Å². The molecule has 0 saturated carbocycles. The van der Waals surface area contributed by atoms with Crippen LogP contribution in [0, 0.1) is 23.2 Å². The molecule has 3 aliphatic rings. The van der Waals surface area contributed by atoms with Crippen LogP contribution < -0.4 is 0 Å². The summed E-state index contributed by atoms with van der Waals surface area (Å²) in [7, 11) is -3.72. The summed E-state index contributed by atoms with van der Waals surface area (Å²) < 4.78 is 29.3. The molecule has 0 radical (unpaired) electrons. The van der Waals surface area contributed by atoms with E-state index < -0.39 is 10.0 Å². The van der Waals surface area contributed by atoms with Crippen LogP contribution in [0.4, 0.5) is 0 Å². The van der Waals surface area contributed by atoms with Crippen molar-refractivity contribution in [2.24, 2.45) is 11.8 Å². The number of nitriles is 1. The van der Waals surface area contributed by atoms with E-state index in [0.717, 1.165) is 58.0 Å². The van der Waals surface area contributed by atoms with Crippen molar-refractivity contribution in [3.05, 3.63) is 29.8 Å². The molecule has 3 heterocycles. The molecule has 5 nitrogen and oxygen atoms in total. The smallest absolute Gasteiger partial charge is 0.244 e. The molecule has 0 amide bonds. The van der Waals surface area contributed by atoms with E-state index in [4.69, 9.17) is 11.6 Å². The van der Waals surface area contributed by atoms with Crippen molar-refractivity contribution >= 4 is 21.6 Å². The van der Waals surface area contributed by atoms with E-state index in [2.05, 4.69) is 11.0 Å². The first-order valence-electron chi connectivity index (χ1n) is 10.9. The zero-order chi connectivity index (χ0) is 20.4. The molecule has 0 bridgehead atoms. The molecule has 0 unspecified atom stereocenters. The maximum atomic E-state index is 13.8. The molecular formula is C22H30ClN3O2S. The number of alkyl halides is 1. The Morgan fingerprint density at radius 1 is 1.14 bits per heavy atom. The van der Waals surface area contributed by atoms with E-state index in [1.807, 2.05) is 0 Å². The third-order valence-corrected chi connectivity index (χ3v) is 9.32.